The van der Waals surface area contributed by atoms with E-state index in [-0.39, 0.29) is 5.75 Å². The molecule has 3 heterocycles. The van der Waals surface area contributed by atoms with Crippen molar-refractivity contribution in [2.45, 2.75) is 6.42 Å². The van der Waals surface area contributed by atoms with Gasteiger partial charge in [0.15, 0.2) is 11.1 Å². The molecular formula is C13H22N6O2S2. The second-order valence-electron chi connectivity index (χ2n) is 5.60. The van der Waals surface area contributed by atoms with Gasteiger partial charge in [0.1, 0.15) is 0 Å². The van der Waals surface area contributed by atoms with Crippen LogP contribution in [-0.4, -0.2) is 80.1 Å². The normalized spacial score (nSPS) is 22.7. The molecule has 8 nitrogen and oxygen atoms in total. The second-order valence-corrected chi connectivity index (χ2v) is 8.56. The number of hydrogen-bond donors (Lipinski definition) is 1. The molecule has 0 saturated carbocycles. The third-order valence-electron chi connectivity index (χ3n) is 4.12. The number of nitrogens with zero attached hydrogens (tertiary/aromatic N) is 5. The largest absolute Gasteiger partial charge is 0.370 e. The Morgan fingerprint density at radius 2 is 2.09 bits per heavy atom. The van der Waals surface area contributed by atoms with E-state index in [2.05, 4.69) is 14.9 Å². The smallest absolute Gasteiger partial charge is 0.214 e. The zero-order valence-corrected chi connectivity index (χ0v) is 14.6. The van der Waals surface area contributed by atoms with Crippen molar-refractivity contribution in [1.29, 1.82) is 0 Å². The first kappa shape index (κ1) is 16.5. The third-order valence-corrected chi connectivity index (χ3v) is 6.91. The molecule has 0 aliphatic carbocycles. The lowest BCUT2D eigenvalue weighted by molar-refractivity contribution is 0.379. The molecule has 0 atom stereocenters. The van der Waals surface area contributed by atoms with E-state index in [1.807, 2.05) is 16.5 Å². The highest BCUT2D eigenvalue weighted by molar-refractivity contribution is 7.89. The predicted molar refractivity (Wildman–Crippen MR) is 92.4 cm³/mol. The van der Waals surface area contributed by atoms with Crippen molar-refractivity contribution in [3.8, 4) is 0 Å². The van der Waals surface area contributed by atoms with Gasteiger partial charge in [0.2, 0.25) is 10.0 Å². The monoisotopic (exact) mass is 358 g/mol. The standard InChI is InChI=1S/C13H22N6O2S2/c14-12(15-2-5-19-4-1-11-23(19,20)21)17-6-8-18(9-7-17)13-16-3-10-22-13/h3,10H,1-2,4-9,11H2,(H2,14,15). The summed E-state index contributed by atoms with van der Waals surface area (Å²) in [6, 6.07) is 0. The van der Waals surface area contributed by atoms with Gasteiger partial charge in [0.25, 0.3) is 0 Å². The molecular weight excluding hydrogens is 336 g/mol. The highest BCUT2D eigenvalue weighted by Gasteiger charge is 2.27. The third kappa shape index (κ3) is 3.93. The molecule has 0 aromatic carbocycles. The maximum atomic E-state index is 11.7. The van der Waals surface area contributed by atoms with Gasteiger partial charge in [-0.3, -0.25) is 4.99 Å². The lowest BCUT2D eigenvalue weighted by atomic mass is 10.3. The Bertz CT molecular complexity index is 637. The average molecular weight is 358 g/mol. The van der Waals surface area contributed by atoms with Gasteiger partial charge in [0.05, 0.1) is 12.3 Å². The minimum absolute atomic E-state index is 0.255. The first-order chi connectivity index (χ1) is 11.1. The summed E-state index contributed by atoms with van der Waals surface area (Å²) in [4.78, 5) is 13.0. The van der Waals surface area contributed by atoms with Crippen LogP contribution < -0.4 is 10.6 Å². The number of hydrogen-bond acceptors (Lipinski definition) is 6. The zero-order chi connectivity index (χ0) is 16.3. The fourth-order valence-corrected chi connectivity index (χ4v) is 5.03. The van der Waals surface area contributed by atoms with Crippen LogP contribution in [-0.2, 0) is 10.0 Å². The van der Waals surface area contributed by atoms with Crippen LogP contribution in [0, 0.1) is 0 Å². The molecule has 0 radical (unpaired) electrons. The van der Waals surface area contributed by atoms with E-state index in [1.165, 1.54) is 4.31 Å². The molecule has 2 aliphatic heterocycles. The summed E-state index contributed by atoms with van der Waals surface area (Å²) in [7, 11) is -3.05. The Morgan fingerprint density at radius 3 is 2.70 bits per heavy atom. The van der Waals surface area contributed by atoms with Gasteiger partial charge in [0, 0.05) is 50.8 Å². The van der Waals surface area contributed by atoms with E-state index in [0.29, 0.717) is 32.0 Å². The summed E-state index contributed by atoms with van der Waals surface area (Å²) in [5.41, 5.74) is 6.04. The summed E-state index contributed by atoms with van der Waals surface area (Å²) in [6.07, 6.45) is 2.52. The first-order valence-corrected chi connectivity index (χ1v) is 10.2. The molecule has 3 rings (SSSR count). The van der Waals surface area contributed by atoms with Crippen LogP contribution in [0.1, 0.15) is 6.42 Å². The van der Waals surface area contributed by atoms with Crippen molar-refractivity contribution in [2.75, 3.05) is 56.5 Å². The van der Waals surface area contributed by atoms with Gasteiger partial charge in [-0.1, -0.05) is 0 Å². The second kappa shape index (κ2) is 7.02. The number of thiazole rings is 1. The van der Waals surface area contributed by atoms with Gasteiger partial charge in [-0.2, -0.15) is 0 Å². The molecule has 1 aromatic rings. The van der Waals surface area contributed by atoms with Crippen LogP contribution in [0.15, 0.2) is 16.6 Å². The quantitative estimate of drug-likeness (QED) is 0.582. The minimum atomic E-state index is -3.05. The molecule has 2 fully saturated rings. The molecule has 0 unspecified atom stereocenters. The highest BCUT2D eigenvalue weighted by atomic mass is 32.2. The zero-order valence-electron chi connectivity index (χ0n) is 13.0. The van der Waals surface area contributed by atoms with E-state index < -0.39 is 10.0 Å². The number of sulfonamides is 1. The van der Waals surface area contributed by atoms with Crippen LogP contribution in [0.4, 0.5) is 5.13 Å². The molecule has 2 N–H and O–H groups in total. The lowest BCUT2D eigenvalue weighted by Gasteiger charge is -2.35. The highest BCUT2D eigenvalue weighted by Crippen LogP contribution is 2.18. The summed E-state index contributed by atoms with van der Waals surface area (Å²) in [5, 5.41) is 3.02. The van der Waals surface area contributed by atoms with Crippen molar-refractivity contribution >= 4 is 32.5 Å². The molecule has 10 heteroatoms. The number of nitrogens with two attached hydrogens (primary N) is 1. The Labute approximate surface area is 140 Å². The van der Waals surface area contributed by atoms with Gasteiger partial charge < -0.3 is 15.5 Å². The van der Waals surface area contributed by atoms with Crippen molar-refractivity contribution in [1.82, 2.24) is 14.2 Å². The van der Waals surface area contributed by atoms with Gasteiger partial charge in [-0.15, -0.1) is 11.3 Å². The Balaban J connectivity index is 1.46. The number of aliphatic imine (C=N–C) groups is 1. The Kier molecular flexibility index (Phi) is 5.02. The van der Waals surface area contributed by atoms with Crippen molar-refractivity contribution in [3.05, 3.63) is 11.6 Å². The fourth-order valence-electron chi connectivity index (χ4n) is 2.82. The van der Waals surface area contributed by atoms with Gasteiger partial charge in [-0.05, 0) is 6.42 Å². The summed E-state index contributed by atoms with van der Waals surface area (Å²) >= 11 is 1.64. The van der Waals surface area contributed by atoms with E-state index >= 15 is 0 Å². The van der Waals surface area contributed by atoms with Crippen molar-refractivity contribution in [3.63, 3.8) is 0 Å². The van der Waals surface area contributed by atoms with E-state index in [9.17, 15) is 8.42 Å². The maximum Gasteiger partial charge on any atom is 0.214 e. The summed E-state index contributed by atoms with van der Waals surface area (Å²) < 4.78 is 24.9. The fraction of sp³-hybridized carbons (Fsp3) is 0.692. The topological polar surface area (TPSA) is 95.1 Å². The molecule has 1 aromatic heterocycles. The lowest BCUT2D eigenvalue weighted by Crippen LogP contribution is -2.51. The van der Waals surface area contributed by atoms with Gasteiger partial charge in [-0.25, -0.2) is 17.7 Å². The maximum absolute atomic E-state index is 11.7. The number of anilines is 1. The van der Waals surface area contributed by atoms with E-state index in [0.717, 1.165) is 31.3 Å². The number of piperazine rings is 1. The van der Waals surface area contributed by atoms with Crippen LogP contribution in [0.5, 0.6) is 0 Å². The molecule has 2 saturated heterocycles. The first-order valence-electron chi connectivity index (χ1n) is 7.73. The molecule has 0 spiro atoms. The van der Waals surface area contributed by atoms with Gasteiger partial charge >= 0.3 is 0 Å². The molecule has 0 amide bonds. The minimum Gasteiger partial charge on any atom is -0.370 e. The molecule has 0 bridgehead atoms. The van der Waals surface area contributed by atoms with E-state index in [4.69, 9.17) is 5.73 Å². The Morgan fingerprint density at radius 1 is 1.30 bits per heavy atom. The summed E-state index contributed by atoms with van der Waals surface area (Å²) in [5.74, 6) is 0.755. The average Bonchev–Trinajstić information content (AvgIpc) is 3.17. The predicted octanol–water partition coefficient (Wildman–Crippen LogP) is -0.385. The van der Waals surface area contributed by atoms with Crippen LogP contribution in [0.3, 0.4) is 0 Å². The van der Waals surface area contributed by atoms with Crippen LogP contribution in [0.2, 0.25) is 0 Å². The summed E-state index contributed by atoms with van der Waals surface area (Å²) in [6.45, 7) is 4.77. The number of rotatable bonds is 4. The SMILES string of the molecule is NC(=NCCN1CCCS1(=O)=O)N1CCN(c2nccs2)CC1. The molecule has 2 aliphatic rings. The Hall–Kier alpha value is -1.39. The van der Waals surface area contributed by atoms with Crippen LogP contribution in [0.25, 0.3) is 0 Å². The number of guanidine groups is 1. The molecule has 23 heavy (non-hydrogen) atoms. The van der Waals surface area contributed by atoms with Crippen molar-refractivity contribution in [2.24, 2.45) is 10.7 Å². The molecule has 128 valence electrons. The van der Waals surface area contributed by atoms with Crippen LogP contribution >= 0.6 is 11.3 Å². The van der Waals surface area contributed by atoms with E-state index in [1.54, 1.807) is 11.3 Å². The van der Waals surface area contributed by atoms with Crippen molar-refractivity contribution < 1.29 is 8.42 Å². The number of aromatic nitrogens is 1.